The third-order valence-corrected chi connectivity index (χ3v) is 5.53. The summed E-state index contributed by atoms with van der Waals surface area (Å²) in [6.45, 7) is 3.60. The Morgan fingerprint density at radius 3 is 2.72 bits per heavy atom. The largest absolute Gasteiger partial charge is 0.345 e. The van der Waals surface area contributed by atoms with Crippen molar-refractivity contribution in [3.8, 4) is 0 Å². The molecule has 0 aliphatic carbocycles. The summed E-state index contributed by atoms with van der Waals surface area (Å²) in [4.78, 5) is 31.8. The summed E-state index contributed by atoms with van der Waals surface area (Å²) in [5.74, 6) is 0.775. The Kier molecular flexibility index (Phi) is 5.29. The van der Waals surface area contributed by atoms with Gasteiger partial charge in [0.2, 0.25) is 0 Å². The molecular formula is C22H25N5O2. The topological polar surface area (TPSA) is 73.0 Å². The standard InChI is InChI=1S/C22H25N5O2/c1-16-19(11-6-12-23-16)21(28)26-13-7-10-18(15-26)20-24-25(2)22(29)27(20)14-17-8-4-3-5-9-17/h3-6,8-9,11-12,18H,7,10,13-15H2,1-2H3. The summed E-state index contributed by atoms with van der Waals surface area (Å²) >= 11 is 0. The highest BCUT2D eigenvalue weighted by Crippen LogP contribution is 2.26. The van der Waals surface area contributed by atoms with Crippen molar-refractivity contribution in [3.63, 3.8) is 0 Å². The van der Waals surface area contributed by atoms with Crippen LogP contribution in [0.4, 0.5) is 0 Å². The molecule has 29 heavy (non-hydrogen) atoms. The third-order valence-electron chi connectivity index (χ3n) is 5.53. The maximum Gasteiger partial charge on any atom is 0.345 e. The first-order chi connectivity index (χ1) is 14.0. The van der Waals surface area contributed by atoms with Crippen LogP contribution in [0.15, 0.2) is 53.5 Å². The molecule has 7 heteroatoms. The summed E-state index contributed by atoms with van der Waals surface area (Å²) in [5, 5.41) is 4.53. The number of carbonyl (C=O) groups is 1. The van der Waals surface area contributed by atoms with Crippen LogP contribution in [0.5, 0.6) is 0 Å². The highest BCUT2D eigenvalue weighted by Gasteiger charge is 2.30. The van der Waals surface area contributed by atoms with Crippen LogP contribution in [-0.4, -0.2) is 43.2 Å². The number of benzene rings is 1. The molecule has 0 radical (unpaired) electrons. The van der Waals surface area contributed by atoms with Crippen LogP contribution < -0.4 is 5.69 Å². The Balaban J connectivity index is 1.60. The molecule has 0 N–H and O–H groups in total. The predicted molar refractivity (Wildman–Crippen MR) is 110 cm³/mol. The first kappa shape index (κ1) is 19.1. The van der Waals surface area contributed by atoms with Crippen molar-refractivity contribution in [2.24, 2.45) is 7.05 Å². The molecule has 1 aliphatic heterocycles. The number of pyridine rings is 1. The number of nitrogens with zero attached hydrogens (tertiary/aromatic N) is 5. The minimum absolute atomic E-state index is 0.00631. The molecule has 1 aliphatic rings. The Bertz CT molecular complexity index is 1070. The average Bonchev–Trinajstić information content (AvgIpc) is 3.03. The molecule has 1 amide bonds. The Labute approximate surface area is 169 Å². The van der Waals surface area contributed by atoms with Crippen molar-refractivity contribution in [1.82, 2.24) is 24.2 Å². The highest BCUT2D eigenvalue weighted by molar-refractivity contribution is 5.95. The highest BCUT2D eigenvalue weighted by atomic mass is 16.2. The van der Waals surface area contributed by atoms with Crippen LogP contribution in [0.3, 0.4) is 0 Å². The van der Waals surface area contributed by atoms with Gasteiger partial charge in [-0.25, -0.2) is 9.48 Å². The Morgan fingerprint density at radius 2 is 1.97 bits per heavy atom. The summed E-state index contributed by atoms with van der Waals surface area (Å²) in [6.07, 6.45) is 3.48. The van der Waals surface area contributed by atoms with Gasteiger partial charge in [-0.05, 0) is 37.5 Å². The van der Waals surface area contributed by atoms with E-state index in [1.54, 1.807) is 23.9 Å². The number of likely N-dealkylation sites (tertiary alicyclic amines) is 1. The van der Waals surface area contributed by atoms with Crippen LogP contribution in [-0.2, 0) is 13.6 Å². The number of hydrogen-bond acceptors (Lipinski definition) is 4. The Hall–Kier alpha value is -3.22. The van der Waals surface area contributed by atoms with Crippen molar-refractivity contribution in [1.29, 1.82) is 0 Å². The number of aromatic nitrogens is 4. The van der Waals surface area contributed by atoms with E-state index in [-0.39, 0.29) is 17.5 Å². The average molecular weight is 391 g/mol. The molecule has 1 fully saturated rings. The molecule has 0 spiro atoms. The molecule has 2 aromatic heterocycles. The monoisotopic (exact) mass is 391 g/mol. The molecule has 0 saturated carbocycles. The Morgan fingerprint density at radius 1 is 1.17 bits per heavy atom. The summed E-state index contributed by atoms with van der Waals surface area (Å²) < 4.78 is 3.13. The number of aryl methyl sites for hydroxylation is 2. The van der Waals surface area contributed by atoms with Crippen LogP contribution in [0.25, 0.3) is 0 Å². The summed E-state index contributed by atoms with van der Waals surface area (Å²) in [7, 11) is 1.68. The van der Waals surface area contributed by atoms with Gasteiger partial charge in [-0.15, -0.1) is 0 Å². The molecule has 3 aromatic rings. The van der Waals surface area contributed by atoms with E-state index >= 15 is 0 Å². The lowest BCUT2D eigenvalue weighted by Crippen LogP contribution is -2.40. The van der Waals surface area contributed by atoms with E-state index < -0.39 is 0 Å². The molecule has 7 nitrogen and oxygen atoms in total. The first-order valence-electron chi connectivity index (χ1n) is 9.93. The maximum absolute atomic E-state index is 13.0. The molecule has 1 atom stereocenters. The molecule has 1 unspecified atom stereocenters. The summed E-state index contributed by atoms with van der Waals surface area (Å²) in [6, 6.07) is 13.5. The van der Waals surface area contributed by atoms with Gasteiger partial charge in [0.15, 0.2) is 0 Å². The van der Waals surface area contributed by atoms with Crippen molar-refractivity contribution in [3.05, 3.63) is 81.8 Å². The lowest BCUT2D eigenvalue weighted by molar-refractivity contribution is 0.0702. The number of rotatable bonds is 4. The quantitative estimate of drug-likeness (QED) is 0.684. The molecule has 1 aromatic carbocycles. The van der Waals surface area contributed by atoms with Gasteiger partial charge >= 0.3 is 5.69 Å². The summed E-state index contributed by atoms with van der Waals surface area (Å²) in [5.41, 5.74) is 2.29. The van der Waals surface area contributed by atoms with Gasteiger partial charge in [-0.3, -0.25) is 14.3 Å². The lowest BCUT2D eigenvalue weighted by Gasteiger charge is -2.32. The maximum atomic E-state index is 13.0. The fourth-order valence-corrected chi connectivity index (χ4v) is 3.99. The second-order valence-electron chi connectivity index (χ2n) is 7.56. The van der Waals surface area contributed by atoms with E-state index in [1.807, 2.05) is 48.2 Å². The normalized spacial score (nSPS) is 16.8. The van der Waals surface area contributed by atoms with E-state index in [0.29, 0.717) is 25.2 Å². The predicted octanol–water partition coefficient (Wildman–Crippen LogP) is 2.35. The zero-order valence-corrected chi connectivity index (χ0v) is 16.8. The van der Waals surface area contributed by atoms with Crippen molar-refractivity contribution in [2.75, 3.05) is 13.1 Å². The fraction of sp³-hybridized carbons (Fsp3) is 0.364. The van der Waals surface area contributed by atoms with Crippen LogP contribution in [0.1, 0.15) is 46.2 Å². The van der Waals surface area contributed by atoms with Crippen molar-refractivity contribution >= 4 is 5.91 Å². The molecule has 4 rings (SSSR count). The second kappa shape index (κ2) is 8.03. The van der Waals surface area contributed by atoms with Gasteiger partial charge in [-0.2, -0.15) is 5.10 Å². The van der Waals surface area contributed by atoms with Gasteiger partial charge in [0.05, 0.1) is 12.1 Å². The van der Waals surface area contributed by atoms with Crippen LogP contribution in [0, 0.1) is 6.92 Å². The number of amides is 1. The molecule has 1 saturated heterocycles. The van der Waals surface area contributed by atoms with Gasteiger partial charge in [0, 0.05) is 37.9 Å². The zero-order valence-electron chi connectivity index (χ0n) is 16.8. The fourth-order valence-electron chi connectivity index (χ4n) is 3.99. The SMILES string of the molecule is Cc1ncccc1C(=O)N1CCCC(c2nn(C)c(=O)n2Cc2ccccc2)C1. The number of carbonyl (C=O) groups excluding carboxylic acids is 1. The number of piperidine rings is 1. The van der Waals surface area contributed by atoms with E-state index in [4.69, 9.17) is 0 Å². The van der Waals surface area contributed by atoms with Gasteiger partial charge < -0.3 is 4.90 Å². The molecular weight excluding hydrogens is 366 g/mol. The number of hydrogen-bond donors (Lipinski definition) is 0. The molecule has 0 bridgehead atoms. The zero-order chi connectivity index (χ0) is 20.4. The lowest BCUT2D eigenvalue weighted by atomic mass is 9.96. The smallest absolute Gasteiger partial charge is 0.338 e. The van der Waals surface area contributed by atoms with E-state index in [2.05, 4.69) is 10.1 Å². The van der Waals surface area contributed by atoms with Crippen molar-refractivity contribution < 1.29 is 4.79 Å². The minimum atomic E-state index is -0.129. The van der Waals surface area contributed by atoms with Crippen LogP contribution in [0.2, 0.25) is 0 Å². The van der Waals surface area contributed by atoms with Gasteiger partial charge in [0.1, 0.15) is 5.82 Å². The van der Waals surface area contributed by atoms with E-state index in [0.717, 1.165) is 29.9 Å². The third kappa shape index (κ3) is 3.85. The van der Waals surface area contributed by atoms with Gasteiger partial charge in [0.25, 0.3) is 5.91 Å². The minimum Gasteiger partial charge on any atom is -0.338 e. The van der Waals surface area contributed by atoms with Crippen LogP contribution >= 0.6 is 0 Å². The first-order valence-corrected chi connectivity index (χ1v) is 9.93. The molecule has 3 heterocycles. The van der Waals surface area contributed by atoms with E-state index in [9.17, 15) is 9.59 Å². The van der Waals surface area contributed by atoms with Crippen molar-refractivity contribution in [2.45, 2.75) is 32.2 Å². The van der Waals surface area contributed by atoms with E-state index in [1.165, 1.54) is 4.68 Å². The second-order valence-corrected chi connectivity index (χ2v) is 7.56. The molecule has 150 valence electrons. The van der Waals surface area contributed by atoms with Gasteiger partial charge in [-0.1, -0.05) is 30.3 Å².